The largest absolute Gasteiger partial charge is 0.401 e. The summed E-state index contributed by atoms with van der Waals surface area (Å²) in [5.74, 6) is 0. The summed E-state index contributed by atoms with van der Waals surface area (Å²) in [5, 5.41) is 11.8. The van der Waals surface area contributed by atoms with E-state index in [2.05, 4.69) is 17.1 Å². The Hall–Kier alpha value is -0.330. The molecule has 17 heavy (non-hydrogen) atoms. The van der Waals surface area contributed by atoms with E-state index in [1.54, 1.807) is 0 Å². The molecule has 1 heterocycles. The van der Waals surface area contributed by atoms with Gasteiger partial charge in [-0.15, -0.1) is 0 Å². The fourth-order valence-corrected chi connectivity index (χ4v) is 2.20. The molecule has 6 heteroatoms. The van der Waals surface area contributed by atoms with Crippen LogP contribution in [0.4, 0.5) is 13.2 Å². The maximum atomic E-state index is 12.2. The van der Waals surface area contributed by atoms with Crippen LogP contribution in [-0.4, -0.2) is 54.5 Å². The summed E-state index contributed by atoms with van der Waals surface area (Å²) >= 11 is 0. The van der Waals surface area contributed by atoms with E-state index < -0.39 is 18.3 Å². The average molecular weight is 254 g/mol. The zero-order valence-corrected chi connectivity index (χ0v) is 10.2. The number of aliphatic hydroxyl groups excluding tert-OH is 1. The fourth-order valence-electron chi connectivity index (χ4n) is 2.20. The summed E-state index contributed by atoms with van der Waals surface area (Å²) < 4.78 is 36.5. The molecule has 2 N–H and O–H groups in total. The molecule has 1 fully saturated rings. The molecular weight excluding hydrogens is 233 g/mol. The average Bonchev–Trinajstić information content (AvgIpc) is 2.28. The number of aliphatic hydroxyl groups is 1. The first-order valence-electron chi connectivity index (χ1n) is 6.06. The Kier molecular flexibility index (Phi) is 5.22. The number of nitrogens with zero attached hydrogens (tertiary/aromatic N) is 1. The molecule has 0 amide bonds. The molecular formula is C11H21F3N2O. The lowest BCUT2D eigenvalue weighted by molar-refractivity contribution is -0.131. The van der Waals surface area contributed by atoms with Gasteiger partial charge in [0.05, 0.1) is 13.2 Å². The van der Waals surface area contributed by atoms with E-state index in [1.807, 2.05) is 0 Å². The third-order valence-electron chi connectivity index (χ3n) is 3.32. The van der Waals surface area contributed by atoms with Crippen molar-refractivity contribution in [2.24, 2.45) is 0 Å². The number of alkyl halides is 3. The second-order valence-corrected chi connectivity index (χ2v) is 4.75. The van der Waals surface area contributed by atoms with Crippen LogP contribution in [0.5, 0.6) is 0 Å². The molecule has 0 bridgehead atoms. The maximum absolute atomic E-state index is 12.2. The SMILES string of the molecule is CCCN1CCC(CO)(NCC(F)(F)F)CC1. The minimum atomic E-state index is -4.22. The standard InChI is InChI=1S/C11H21F3N2O/c1-2-5-16-6-3-10(9-17,4-7-16)15-8-11(12,13)14/h15,17H,2-9H2,1H3. The predicted octanol–water partition coefficient (Wildman–Crippen LogP) is 1.38. The van der Waals surface area contributed by atoms with Crippen molar-refractivity contribution >= 4 is 0 Å². The minimum Gasteiger partial charge on any atom is -0.394 e. The van der Waals surface area contributed by atoms with Gasteiger partial charge in [-0.25, -0.2) is 0 Å². The third kappa shape index (κ3) is 4.81. The van der Waals surface area contributed by atoms with E-state index in [4.69, 9.17) is 0 Å². The molecule has 1 rings (SSSR count). The molecule has 1 aliphatic heterocycles. The molecule has 0 aromatic rings. The summed E-state index contributed by atoms with van der Waals surface area (Å²) in [5.41, 5.74) is -0.750. The Labute approximate surface area is 100.0 Å². The van der Waals surface area contributed by atoms with Crippen molar-refractivity contribution in [2.45, 2.75) is 37.9 Å². The first kappa shape index (κ1) is 14.7. The van der Waals surface area contributed by atoms with Crippen LogP contribution in [0.2, 0.25) is 0 Å². The van der Waals surface area contributed by atoms with Crippen molar-refractivity contribution in [1.82, 2.24) is 10.2 Å². The van der Waals surface area contributed by atoms with Crippen molar-refractivity contribution in [3.05, 3.63) is 0 Å². The van der Waals surface area contributed by atoms with Crippen LogP contribution >= 0.6 is 0 Å². The Morgan fingerprint density at radius 3 is 2.29 bits per heavy atom. The topological polar surface area (TPSA) is 35.5 Å². The van der Waals surface area contributed by atoms with Crippen molar-refractivity contribution in [2.75, 3.05) is 32.8 Å². The molecule has 0 saturated carbocycles. The monoisotopic (exact) mass is 254 g/mol. The second-order valence-electron chi connectivity index (χ2n) is 4.75. The molecule has 0 aromatic carbocycles. The normalized spacial score (nSPS) is 21.7. The van der Waals surface area contributed by atoms with Crippen LogP contribution in [0.15, 0.2) is 0 Å². The zero-order valence-electron chi connectivity index (χ0n) is 10.2. The first-order chi connectivity index (χ1) is 7.91. The van der Waals surface area contributed by atoms with Crippen molar-refractivity contribution in [1.29, 1.82) is 0 Å². The molecule has 0 radical (unpaired) electrons. The lowest BCUT2D eigenvalue weighted by Gasteiger charge is -2.41. The van der Waals surface area contributed by atoms with E-state index in [9.17, 15) is 18.3 Å². The smallest absolute Gasteiger partial charge is 0.394 e. The van der Waals surface area contributed by atoms with Crippen LogP contribution in [0.25, 0.3) is 0 Å². The Morgan fingerprint density at radius 2 is 1.88 bits per heavy atom. The van der Waals surface area contributed by atoms with Crippen LogP contribution in [0, 0.1) is 0 Å². The highest BCUT2D eigenvalue weighted by Crippen LogP contribution is 2.24. The molecule has 0 unspecified atom stereocenters. The second kappa shape index (κ2) is 6.02. The van der Waals surface area contributed by atoms with E-state index in [0.29, 0.717) is 12.8 Å². The number of halogens is 3. The summed E-state index contributed by atoms with van der Waals surface area (Å²) in [7, 11) is 0. The molecule has 0 aliphatic carbocycles. The summed E-state index contributed by atoms with van der Waals surface area (Å²) in [4.78, 5) is 2.23. The predicted molar refractivity (Wildman–Crippen MR) is 59.8 cm³/mol. The Balaban J connectivity index is 2.43. The fraction of sp³-hybridized carbons (Fsp3) is 1.00. The number of rotatable bonds is 5. The first-order valence-corrected chi connectivity index (χ1v) is 6.06. The van der Waals surface area contributed by atoms with Gasteiger partial charge in [0.25, 0.3) is 0 Å². The highest BCUT2D eigenvalue weighted by molar-refractivity contribution is 4.93. The van der Waals surface area contributed by atoms with Gasteiger partial charge >= 0.3 is 6.18 Å². The van der Waals surface area contributed by atoms with Crippen molar-refractivity contribution in [3.8, 4) is 0 Å². The molecule has 1 aliphatic rings. The van der Waals surface area contributed by atoms with E-state index in [1.165, 1.54) is 0 Å². The van der Waals surface area contributed by atoms with Gasteiger partial charge in [-0.05, 0) is 38.9 Å². The number of likely N-dealkylation sites (tertiary alicyclic amines) is 1. The molecule has 3 nitrogen and oxygen atoms in total. The summed E-state index contributed by atoms with van der Waals surface area (Å²) in [6, 6.07) is 0. The molecule has 0 spiro atoms. The van der Waals surface area contributed by atoms with Crippen molar-refractivity contribution in [3.63, 3.8) is 0 Å². The van der Waals surface area contributed by atoms with Gasteiger partial charge in [-0.1, -0.05) is 6.92 Å². The number of nitrogens with one attached hydrogen (secondary N) is 1. The summed E-state index contributed by atoms with van der Waals surface area (Å²) in [6.45, 7) is 3.29. The van der Waals surface area contributed by atoms with Gasteiger partial charge in [0.1, 0.15) is 0 Å². The Bertz CT molecular complexity index is 225. The van der Waals surface area contributed by atoms with Crippen LogP contribution < -0.4 is 5.32 Å². The molecule has 0 aromatic heterocycles. The van der Waals surface area contributed by atoms with Crippen LogP contribution in [0.3, 0.4) is 0 Å². The van der Waals surface area contributed by atoms with E-state index in [0.717, 1.165) is 26.1 Å². The third-order valence-corrected chi connectivity index (χ3v) is 3.32. The summed E-state index contributed by atoms with van der Waals surface area (Å²) in [6.07, 6.45) is -2.04. The molecule has 0 atom stereocenters. The van der Waals surface area contributed by atoms with Gasteiger partial charge in [0, 0.05) is 5.54 Å². The Morgan fingerprint density at radius 1 is 1.29 bits per heavy atom. The number of hydrogen-bond acceptors (Lipinski definition) is 3. The van der Waals surface area contributed by atoms with Gasteiger partial charge in [0.15, 0.2) is 0 Å². The van der Waals surface area contributed by atoms with Crippen molar-refractivity contribution < 1.29 is 18.3 Å². The highest BCUT2D eigenvalue weighted by atomic mass is 19.4. The number of piperidine rings is 1. The van der Waals surface area contributed by atoms with Gasteiger partial charge in [0.2, 0.25) is 0 Å². The van der Waals surface area contributed by atoms with E-state index >= 15 is 0 Å². The molecule has 1 saturated heterocycles. The zero-order chi connectivity index (χ0) is 12.9. The highest BCUT2D eigenvalue weighted by Gasteiger charge is 2.37. The molecule has 102 valence electrons. The van der Waals surface area contributed by atoms with Gasteiger partial charge in [-0.2, -0.15) is 13.2 Å². The van der Waals surface area contributed by atoms with Gasteiger partial charge < -0.3 is 15.3 Å². The van der Waals surface area contributed by atoms with Gasteiger partial charge in [-0.3, -0.25) is 0 Å². The van der Waals surface area contributed by atoms with E-state index in [-0.39, 0.29) is 6.61 Å². The lowest BCUT2D eigenvalue weighted by atomic mass is 9.88. The lowest BCUT2D eigenvalue weighted by Crippen LogP contribution is -2.57. The number of hydrogen-bond donors (Lipinski definition) is 2. The van der Waals surface area contributed by atoms with Crippen LogP contribution in [-0.2, 0) is 0 Å². The van der Waals surface area contributed by atoms with Crippen LogP contribution in [0.1, 0.15) is 26.2 Å². The minimum absolute atomic E-state index is 0.233. The quantitative estimate of drug-likeness (QED) is 0.778. The maximum Gasteiger partial charge on any atom is 0.401 e.